The topological polar surface area (TPSA) is 20.7 Å². The van der Waals surface area contributed by atoms with Crippen molar-refractivity contribution in [3.05, 3.63) is 56.0 Å². The van der Waals surface area contributed by atoms with Gasteiger partial charge in [0.05, 0.1) is 16.7 Å². The highest BCUT2D eigenvalue weighted by molar-refractivity contribution is 9.10. The minimum atomic E-state index is -0.227. The molecule has 0 unspecified atom stereocenters. The van der Waals surface area contributed by atoms with Gasteiger partial charge in [-0.3, -0.25) is 4.57 Å². The normalized spacial score (nSPS) is 11.3. The standard InChI is InChI=1S/C16H14BrFN2S/c1-8-6-14-13(7-12(8)18)19-16(21)20(14)15-9(2)4-11(17)5-10(15)3/h4-7H,1-3H3,(H,19,21). The van der Waals surface area contributed by atoms with Crippen molar-refractivity contribution in [3.63, 3.8) is 0 Å². The maximum Gasteiger partial charge on any atom is 0.182 e. The second kappa shape index (κ2) is 5.07. The molecule has 1 aromatic heterocycles. The number of imidazole rings is 1. The van der Waals surface area contributed by atoms with Crippen LogP contribution in [0.2, 0.25) is 0 Å². The number of fused-ring (bicyclic) bond motifs is 1. The molecule has 0 aliphatic rings. The Morgan fingerprint density at radius 1 is 1.05 bits per heavy atom. The van der Waals surface area contributed by atoms with E-state index in [2.05, 4.69) is 33.0 Å². The summed E-state index contributed by atoms with van der Waals surface area (Å²) in [6, 6.07) is 7.44. The molecule has 5 heteroatoms. The zero-order chi connectivity index (χ0) is 15.3. The van der Waals surface area contributed by atoms with Crippen molar-refractivity contribution in [2.75, 3.05) is 0 Å². The third kappa shape index (κ3) is 2.34. The average Bonchev–Trinajstić information content (AvgIpc) is 2.66. The molecule has 21 heavy (non-hydrogen) atoms. The van der Waals surface area contributed by atoms with Gasteiger partial charge in [0.25, 0.3) is 0 Å². The van der Waals surface area contributed by atoms with Crippen LogP contribution in [0, 0.1) is 31.4 Å². The van der Waals surface area contributed by atoms with E-state index in [1.165, 1.54) is 6.07 Å². The van der Waals surface area contributed by atoms with Crippen LogP contribution in [0.1, 0.15) is 16.7 Å². The van der Waals surface area contributed by atoms with Crippen LogP contribution in [-0.4, -0.2) is 9.55 Å². The Kier molecular flexibility index (Phi) is 3.50. The highest BCUT2D eigenvalue weighted by Gasteiger charge is 2.13. The zero-order valence-electron chi connectivity index (χ0n) is 11.9. The second-order valence-electron chi connectivity index (χ2n) is 5.27. The summed E-state index contributed by atoms with van der Waals surface area (Å²) in [4.78, 5) is 3.09. The van der Waals surface area contributed by atoms with E-state index in [-0.39, 0.29) is 5.82 Å². The van der Waals surface area contributed by atoms with Crippen LogP contribution in [0.4, 0.5) is 4.39 Å². The van der Waals surface area contributed by atoms with E-state index in [4.69, 9.17) is 12.2 Å². The van der Waals surface area contributed by atoms with Crippen LogP contribution in [0.3, 0.4) is 0 Å². The SMILES string of the molecule is Cc1cc2c(cc1F)[nH]c(=S)n2-c1c(C)cc(Br)cc1C. The number of aromatic nitrogens is 2. The van der Waals surface area contributed by atoms with Gasteiger partial charge >= 0.3 is 0 Å². The molecular formula is C16H14BrFN2S. The predicted molar refractivity (Wildman–Crippen MR) is 90.3 cm³/mol. The molecule has 0 aliphatic heterocycles. The number of hydrogen-bond donors (Lipinski definition) is 1. The summed E-state index contributed by atoms with van der Waals surface area (Å²) >= 11 is 8.95. The van der Waals surface area contributed by atoms with E-state index in [1.54, 1.807) is 6.92 Å². The lowest BCUT2D eigenvalue weighted by atomic mass is 10.1. The number of benzene rings is 2. The number of rotatable bonds is 1. The van der Waals surface area contributed by atoms with Crippen molar-refractivity contribution < 1.29 is 4.39 Å². The second-order valence-corrected chi connectivity index (χ2v) is 6.57. The van der Waals surface area contributed by atoms with Crippen LogP contribution < -0.4 is 0 Å². The lowest BCUT2D eigenvalue weighted by Crippen LogP contribution is -2.01. The fourth-order valence-electron chi connectivity index (χ4n) is 2.71. The summed E-state index contributed by atoms with van der Waals surface area (Å²) in [5.41, 5.74) is 5.48. The van der Waals surface area contributed by atoms with E-state index in [9.17, 15) is 4.39 Å². The van der Waals surface area contributed by atoms with Crippen molar-refractivity contribution >= 4 is 39.2 Å². The monoisotopic (exact) mass is 364 g/mol. The zero-order valence-corrected chi connectivity index (χ0v) is 14.3. The number of nitrogens with one attached hydrogen (secondary N) is 1. The third-order valence-electron chi connectivity index (χ3n) is 3.64. The summed E-state index contributed by atoms with van der Waals surface area (Å²) < 4.78 is 17.3. The van der Waals surface area contributed by atoms with Gasteiger partial charge in [-0.2, -0.15) is 0 Å². The van der Waals surface area contributed by atoms with Crippen molar-refractivity contribution in [1.29, 1.82) is 0 Å². The number of aromatic amines is 1. The molecule has 0 spiro atoms. The molecule has 2 nitrogen and oxygen atoms in total. The largest absolute Gasteiger partial charge is 0.330 e. The number of H-pyrrole nitrogens is 1. The highest BCUT2D eigenvalue weighted by Crippen LogP contribution is 2.28. The molecule has 108 valence electrons. The van der Waals surface area contributed by atoms with E-state index < -0.39 is 0 Å². The quantitative estimate of drug-likeness (QED) is 0.564. The lowest BCUT2D eigenvalue weighted by Gasteiger charge is -2.13. The van der Waals surface area contributed by atoms with Crippen LogP contribution in [0.15, 0.2) is 28.7 Å². The van der Waals surface area contributed by atoms with Gasteiger partial charge in [0.15, 0.2) is 4.77 Å². The molecule has 0 atom stereocenters. The predicted octanol–water partition coefficient (Wildman–Crippen LogP) is 5.51. The van der Waals surface area contributed by atoms with Gasteiger partial charge in [-0.05, 0) is 73.9 Å². The maximum atomic E-state index is 13.7. The van der Waals surface area contributed by atoms with Crippen LogP contribution >= 0.6 is 28.1 Å². The van der Waals surface area contributed by atoms with Gasteiger partial charge in [-0.1, -0.05) is 15.9 Å². The molecule has 1 heterocycles. The summed E-state index contributed by atoms with van der Waals surface area (Å²) in [5.74, 6) is -0.227. The minimum Gasteiger partial charge on any atom is -0.330 e. The van der Waals surface area contributed by atoms with Gasteiger partial charge in [-0.15, -0.1) is 0 Å². The van der Waals surface area contributed by atoms with E-state index in [0.29, 0.717) is 15.9 Å². The number of aryl methyl sites for hydroxylation is 3. The van der Waals surface area contributed by atoms with Gasteiger partial charge in [0, 0.05) is 4.47 Å². The summed E-state index contributed by atoms with van der Waals surface area (Å²) in [6.45, 7) is 5.85. The van der Waals surface area contributed by atoms with Crippen LogP contribution in [0.5, 0.6) is 0 Å². The fourth-order valence-corrected chi connectivity index (χ4v) is 3.70. The molecule has 0 bridgehead atoms. The number of nitrogens with zero attached hydrogens (tertiary/aromatic N) is 1. The third-order valence-corrected chi connectivity index (χ3v) is 4.38. The molecule has 1 N–H and O–H groups in total. The first-order valence-corrected chi connectivity index (χ1v) is 7.76. The highest BCUT2D eigenvalue weighted by atomic mass is 79.9. The minimum absolute atomic E-state index is 0.227. The van der Waals surface area contributed by atoms with Gasteiger partial charge in [0.1, 0.15) is 5.82 Å². The first kappa shape index (κ1) is 14.5. The molecule has 0 radical (unpaired) electrons. The summed E-state index contributed by atoms with van der Waals surface area (Å²) in [6.07, 6.45) is 0. The number of hydrogen-bond acceptors (Lipinski definition) is 1. The molecule has 0 aliphatic carbocycles. The molecule has 3 aromatic rings. The Bertz CT molecular complexity index is 901. The van der Waals surface area contributed by atoms with Crippen molar-refractivity contribution in [2.45, 2.75) is 20.8 Å². The van der Waals surface area contributed by atoms with Crippen molar-refractivity contribution in [2.24, 2.45) is 0 Å². The van der Waals surface area contributed by atoms with Crippen molar-refractivity contribution in [1.82, 2.24) is 9.55 Å². The smallest absolute Gasteiger partial charge is 0.182 e. The Labute approximate surface area is 135 Å². The van der Waals surface area contributed by atoms with Crippen LogP contribution in [0.25, 0.3) is 16.7 Å². The Morgan fingerprint density at radius 2 is 1.67 bits per heavy atom. The van der Waals surface area contributed by atoms with E-state index in [1.807, 2.05) is 24.5 Å². The summed E-state index contributed by atoms with van der Waals surface area (Å²) in [5, 5.41) is 0. The van der Waals surface area contributed by atoms with Gasteiger partial charge in [0.2, 0.25) is 0 Å². The molecule has 0 fully saturated rings. The summed E-state index contributed by atoms with van der Waals surface area (Å²) in [7, 11) is 0. The van der Waals surface area contributed by atoms with E-state index in [0.717, 1.165) is 26.8 Å². The molecule has 0 amide bonds. The molecule has 0 saturated carbocycles. The first-order chi connectivity index (χ1) is 9.88. The number of halogens is 2. The molecule has 3 rings (SSSR count). The van der Waals surface area contributed by atoms with E-state index >= 15 is 0 Å². The van der Waals surface area contributed by atoms with Gasteiger partial charge in [-0.25, -0.2) is 4.39 Å². The fraction of sp³-hybridized carbons (Fsp3) is 0.188. The Balaban J connectivity index is 2.44. The maximum absolute atomic E-state index is 13.7. The lowest BCUT2D eigenvalue weighted by molar-refractivity contribution is 0.620. The van der Waals surface area contributed by atoms with Gasteiger partial charge < -0.3 is 4.98 Å². The van der Waals surface area contributed by atoms with Crippen LogP contribution in [-0.2, 0) is 0 Å². The molecule has 0 saturated heterocycles. The van der Waals surface area contributed by atoms with Crippen molar-refractivity contribution in [3.8, 4) is 5.69 Å². The average molecular weight is 365 g/mol. The Morgan fingerprint density at radius 3 is 2.29 bits per heavy atom. The first-order valence-electron chi connectivity index (χ1n) is 6.56. The Hall–Kier alpha value is -1.46. The molecule has 2 aromatic carbocycles. The molecular weight excluding hydrogens is 351 g/mol.